The molecule has 0 atom stereocenters. The van der Waals surface area contributed by atoms with Gasteiger partial charge in [-0.2, -0.15) is 0 Å². The number of carbonyl (C=O) groups excluding carboxylic acids is 1. The first-order valence-corrected chi connectivity index (χ1v) is 5.51. The molecule has 0 aliphatic rings. The van der Waals surface area contributed by atoms with Crippen molar-refractivity contribution in [2.45, 2.75) is 0 Å². The molecule has 0 radical (unpaired) electrons. The molecule has 1 heterocycles. The van der Waals surface area contributed by atoms with Gasteiger partial charge in [0.15, 0.2) is 0 Å². The lowest BCUT2D eigenvalue weighted by molar-refractivity contribution is 0.102. The molecular weight excluding hydrogens is 252 g/mol. The van der Waals surface area contributed by atoms with Crippen molar-refractivity contribution < 1.29 is 13.6 Å². The Hall–Kier alpha value is -2.50. The third kappa shape index (κ3) is 2.67. The van der Waals surface area contributed by atoms with Gasteiger partial charge in [-0.3, -0.25) is 4.79 Å². The van der Waals surface area contributed by atoms with E-state index in [1.165, 1.54) is 18.3 Å². The summed E-state index contributed by atoms with van der Waals surface area (Å²) in [6.07, 6.45) is 1.51. The lowest BCUT2D eigenvalue weighted by atomic mass is 10.2. The molecule has 1 aromatic heterocycles. The van der Waals surface area contributed by atoms with Crippen LogP contribution in [0.15, 0.2) is 36.5 Å². The van der Waals surface area contributed by atoms with Crippen LogP contribution in [0.25, 0.3) is 0 Å². The second-order valence-corrected chi connectivity index (χ2v) is 3.70. The number of pyridine rings is 1. The summed E-state index contributed by atoms with van der Waals surface area (Å²) < 4.78 is 26.8. The second kappa shape index (κ2) is 5.43. The van der Waals surface area contributed by atoms with Crippen molar-refractivity contribution >= 4 is 17.4 Å². The predicted molar refractivity (Wildman–Crippen MR) is 68.1 cm³/mol. The average molecular weight is 263 g/mol. The molecule has 2 rings (SSSR count). The lowest BCUT2D eigenvalue weighted by Gasteiger charge is -2.09. The maximum absolute atomic E-state index is 13.4. The number of aromatic nitrogens is 1. The molecule has 19 heavy (non-hydrogen) atoms. The SMILES string of the molecule is CNc1ncccc1C(=O)Nc1c(F)cccc1F. The number of carbonyl (C=O) groups is 1. The molecule has 1 aromatic carbocycles. The zero-order chi connectivity index (χ0) is 13.8. The monoisotopic (exact) mass is 263 g/mol. The Bertz CT molecular complexity index is 596. The van der Waals surface area contributed by atoms with Crippen LogP contribution in [0, 0.1) is 11.6 Å². The Balaban J connectivity index is 2.31. The van der Waals surface area contributed by atoms with Crippen LogP contribution in [0.1, 0.15) is 10.4 Å². The number of nitrogens with zero attached hydrogens (tertiary/aromatic N) is 1. The molecule has 0 saturated carbocycles. The van der Waals surface area contributed by atoms with Gasteiger partial charge in [0.1, 0.15) is 23.1 Å². The predicted octanol–water partition coefficient (Wildman–Crippen LogP) is 2.65. The highest BCUT2D eigenvalue weighted by atomic mass is 19.1. The van der Waals surface area contributed by atoms with E-state index in [1.54, 1.807) is 13.1 Å². The summed E-state index contributed by atoms with van der Waals surface area (Å²) in [5, 5.41) is 4.93. The fraction of sp³-hybridized carbons (Fsp3) is 0.0769. The van der Waals surface area contributed by atoms with Crippen molar-refractivity contribution in [3.63, 3.8) is 0 Å². The molecule has 1 amide bonds. The summed E-state index contributed by atoms with van der Waals surface area (Å²) in [7, 11) is 1.60. The molecule has 4 nitrogen and oxygen atoms in total. The summed E-state index contributed by atoms with van der Waals surface area (Å²) >= 11 is 0. The first-order chi connectivity index (χ1) is 9.13. The van der Waals surface area contributed by atoms with E-state index in [4.69, 9.17) is 0 Å². The smallest absolute Gasteiger partial charge is 0.259 e. The van der Waals surface area contributed by atoms with Crippen molar-refractivity contribution in [2.24, 2.45) is 0 Å². The highest BCUT2D eigenvalue weighted by Gasteiger charge is 2.16. The number of anilines is 2. The van der Waals surface area contributed by atoms with Gasteiger partial charge in [-0.05, 0) is 24.3 Å². The van der Waals surface area contributed by atoms with Gasteiger partial charge in [0.25, 0.3) is 5.91 Å². The van der Waals surface area contributed by atoms with Crippen LogP contribution in [-0.2, 0) is 0 Å². The summed E-state index contributed by atoms with van der Waals surface area (Å²) in [6, 6.07) is 6.44. The minimum atomic E-state index is -0.830. The third-order valence-electron chi connectivity index (χ3n) is 2.49. The van der Waals surface area contributed by atoms with E-state index in [-0.39, 0.29) is 5.56 Å². The molecule has 0 aliphatic carbocycles. The zero-order valence-corrected chi connectivity index (χ0v) is 10.1. The van der Waals surface area contributed by atoms with Crippen LogP contribution in [0.5, 0.6) is 0 Å². The maximum atomic E-state index is 13.4. The van der Waals surface area contributed by atoms with Crippen molar-refractivity contribution in [2.75, 3.05) is 17.7 Å². The fourth-order valence-electron chi connectivity index (χ4n) is 1.59. The van der Waals surface area contributed by atoms with E-state index < -0.39 is 23.2 Å². The summed E-state index contributed by atoms with van der Waals surface area (Å²) in [5.74, 6) is -1.97. The maximum Gasteiger partial charge on any atom is 0.259 e. The van der Waals surface area contributed by atoms with Crippen LogP contribution in [0.3, 0.4) is 0 Å². The topological polar surface area (TPSA) is 54.0 Å². The molecule has 0 fully saturated rings. The summed E-state index contributed by atoms with van der Waals surface area (Å²) in [6.45, 7) is 0. The molecule has 0 aliphatic heterocycles. The van der Waals surface area contributed by atoms with Crippen molar-refractivity contribution in [1.29, 1.82) is 0 Å². The number of nitrogens with one attached hydrogen (secondary N) is 2. The van der Waals surface area contributed by atoms with Gasteiger partial charge >= 0.3 is 0 Å². The van der Waals surface area contributed by atoms with Gasteiger partial charge in [0.2, 0.25) is 0 Å². The molecule has 0 saturated heterocycles. The molecule has 2 N–H and O–H groups in total. The molecule has 0 bridgehead atoms. The Morgan fingerprint density at radius 3 is 2.47 bits per heavy atom. The van der Waals surface area contributed by atoms with E-state index in [0.717, 1.165) is 12.1 Å². The number of halogens is 2. The fourth-order valence-corrected chi connectivity index (χ4v) is 1.59. The largest absolute Gasteiger partial charge is 0.372 e. The van der Waals surface area contributed by atoms with E-state index >= 15 is 0 Å². The minimum absolute atomic E-state index is 0.202. The van der Waals surface area contributed by atoms with Gasteiger partial charge in [0, 0.05) is 13.2 Å². The van der Waals surface area contributed by atoms with Crippen molar-refractivity contribution in [3.05, 3.63) is 53.7 Å². The number of para-hydroxylation sites is 1. The van der Waals surface area contributed by atoms with Crippen LogP contribution >= 0.6 is 0 Å². The summed E-state index contributed by atoms with van der Waals surface area (Å²) in [5.41, 5.74) is -0.272. The lowest BCUT2D eigenvalue weighted by Crippen LogP contribution is -2.16. The van der Waals surface area contributed by atoms with E-state index in [1.807, 2.05) is 0 Å². The summed E-state index contributed by atoms with van der Waals surface area (Å²) in [4.78, 5) is 15.9. The van der Waals surface area contributed by atoms with E-state index in [0.29, 0.717) is 5.82 Å². The normalized spacial score (nSPS) is 10.1. The molecule has 0 spiro atoms. The first kappa shape index (κ1) is 12.9. The van der Waals surface area contributed by atoms with Gasteiger partial charge in [0.05, 0.1) is 5.56 Å². The number of hydrogen-bond acceptors (Lipinski definition) is 3. The Labute approximate surface area is 108 Å². The van der Waals surface area contributed by atoms with Crippen LogP contribution in [0.2, 0.25) is 0 Å². The number of benzene rings is 1. The van der Waals surface area contributed by atoms with Crippen molar-refractivity contribution in [1.82, 2.24) is 4.98 Å². The molecule has 98 valence electrons. The van der Waals surface area contributed by atoms with E-state index in [2.05, 4.69) is 15.6 Å². The molecule has 0 unspecified atom stereocenters. The standard InChI is InChI=1S/C13H11F2N3O/c1-16-12-8(4-3-7-17-12)13(19)18-11-9(14)5-2-6-10(11)15/h2-7H,1H3,(H,16,17)(H,18,19). The van der Waals surface area contributed by atoms with Gasteiger partial charge in [-0.15, -0.1) is 0 Å². The Morgan fingerprint density at radius 2 is 1.84 bits per heavy atom. The number of rotatable bonds is 3. The highest BCUT2D eigenvalue weighted by molar-refractivity contribution is 6.07. The number of hydrogen-bond donors (Lipinski definition) is 2. The molecular formula is C13H11F2N3O. The second-order valence-electron chi connectivity index (χ2n) is 3.70. The van der Waals surface area contributed by atoms with Crippen molar-refractivity contribution in [3.8, 4) is 0 Å². The number of amides is 1. The van der Waals surface area contributed by atoms with Gasteiger partial charge < -0.3 is 10.6 Å². The van der Waals surface area contributed by atoms with Gasteiger partial charge in [-0.1, -0.05) is 6.07 Å². The van der Waals surface area contributed by atoms with Crippen LogP contribution < -0.4 is 10.6 Å². The molecule has 6 heteroatoms. The zero-order valence-electron chi connectivity index (χ0n) is 10.1. The van der Waals surface area contributed by atoms with Gasteiger partial charge in [-0.25, -0.2) is 13.8 Å². The highest BCUT2D eigenvalue weighted by Crippen LogP contribution is 2.20. The minimum Gasteiger partial charge on any atom is -0.372 e. The first-order valence-electron chi connectivity index (χ1n) is 5.51. The molecule has 2 aromatic rings. The Morgan fingerprint density at radius 1 is 1.16 bits per heavy atom. The van der Waals surface area contributed by atoms with Crippen LogP contribution in [0.4, 0.5) is 20.3 Å². The Kier molecular flexibility index (Phi) is 3.70. The van der Waals surface area contributed by atoms with E-state index in [9.17, 15) is 13.6 Å². The quantitative estimate of drug-likeness (QED) is 0.895. The average Bonchev–Trinajstić information content (AvgIpc) is 2.42. The van der Waals surface area contributed by atoms with Crippen LogP contribution in [-0.4, -0.2) is 17.9 Å². The third-order valence-corrected chi connectivity index (χ3v) is 2.49.